The molecule has 484 valence electrons. The molecule has 3 unspecified atom stereocenters. The summed E-state index contributed by atoms with van der Waals surface area (Å²) in [6.45, 7) is 6.98. The standard InChI is InChI=1S/C73H135N2O7P/c1-7-10-13-16-19-22-25-27-29-31-33-34-35-36-37-38-39-40-42-43-45-47-50-53-56-59-62-65-72(76)74-70(69-81-83(78,79)80-68-67-75(4,5)6)71(64-61-58-55-52-49-24-21-18-15-12-9-3)82-73(77)66-63-60-57-54-51-48-46-44-41-32-30-28-26-23-20-17-14-11-8-2/h19-20,22-23,27-30,33-34,61,64,70-71H,7-18,21,24-26,31-32,35-60,62-63,65-69H2,1-6H3,(H-,74,76,78,79)/p+1/b22-19-,23-20-,29-27-,30-28-,34-33-,64-61-. The molecular weight excluding hydrogens is 1050 g/mol. The van der Waals surface area contributed by atoms with E-state index in [0.29, 0.717) is 17.4 Å². The van der Waals surface area contributed by atoms with Crippen LogP contribution in [0.5, 0.6) is 0 Å². The van der Waals surface area contributed by atoms with Gasteiger partial charge in [-0.25, -0.2) is 4.57 Å². The second-order valence-electron chi connectivity index (χ2n) is 25.0. The van der Waals surface area contributed by atoms with Crippen molar-refractivity contribution in [2.75, 3.05) is 40.9 Å². The minimum atomic E-state index is -4.45. The molecule has 0 radical (unpaired) electrons. The first-order chi connectivity index (χ1) is 40.4. The molecule has 0 aliphatic heterocycles. The molecule has 0 rings (SSSR count). The largest absolute Gasteiger partial charge is 0.472 e. The van der Waals surface area contributed by atoms with E-state index >= 15 is 0 Å². The molecule has 0 aromatic carbocycles. The number of quaternary nitrogens is 1. The van der Waals surface area contributed by atoms with Gasteiger partial charge in [0.05, 0.1) is 33.8 Å². The first kappa shape index (κ1) is 80.5. The number of carbonyl (C=O) groups is 2. The summed E-state index contributed by atoms with van der Waals surface area (Å²) >= 11 is 0. The van der Waals surface area contributed by atoms with E-state index in [1.54, 1.807) is 0 Å². The molecule has 0 heterocycles. The zero-order valence-corrected chi connectivity index (χ0v) is 56.3. The van der Waals surface area contributed by atoms with Gasteiger partial charge in [0.15, 0.2) is 0 Å². The highest BCUT2D eigenvalue weighted by Crippen LogP contribution is 2.43. The van der Waals surface area contributed by atoms with E-state index in [1.165, 1.54) is 218 Å². The molecular formula is C73H136N2O7P+. The highest BCUT2D eigenvalue weighted by molar-refractivity contribution is 7.47. The van der Waals surface area contributed by atoms with Crippen molar-refractivity contribution >= 4 is 19.7 Å². The predicted octanol–water partition coefficient (Wildman–Crippen LogP) is 22.3. The molecule has 83 heavy (non-hydrogen) atoms. The Kier molecular flexibility index (Phi) is 60.6. The number of rotatable bonds is 64. The van der Waals surface area contributed by atoms with Crippen LogP contribution in [0.4, 0.5) is 0 Å². The van der Waals surface area contributed by atoms with E-state index in [2.05, 4.69) is 86.8 Å². The summed E-state index contributed by atoms with van der Waals surface area (Å²) in [4.78, 5) is 37.9. The van der Waals surface area contributed by atoms with E-state index in [4.69, 9.17) is 13.8 Å². The Labute approximate surface area is 514 Å². The lowest BCUT2D eigenvalue weighted by atomic mass is 10.0. The van der Waals surface area contributed by atoms with Crippen LogP contribution in [0.25, 0.3) is 0 Å². The van der Waals surface area contributed by atoms with Gasteiger partial charge in [-0.3, -0.25) is 18.6 Å². The topological polar surface area (TPSA) is 111 Å². The van der Waals surface area contributed by atoms with Gasteiger partial charge in [-0.1, -0.05) is 287 Å². The molecule has 0 aromatic heterocycles. The lowest BCUT2D eigenvalue weighted by molar-refractivity contribution is -0.870. The first-order valence-corrected chi connectivity index (χ1v) is 36.8. The summed E-state index contributed by atoms with van der Waals surface area (Å²) in [7, 11) is 1.50. The molecule has 0 saturated carbocycles. The van der Waals surface area contributed by atoms with E-state index in [9.17, 15) is 19.0 Å². The molecule has 0 spiro atoms. The van der Waals surface area contributed by atoms with Crippen LogP contribution in [0.1, 0.15) is 329 Å². The van der Waals surface area contributed by atoms with Crippen LogP contribution >= 0.6 is 7.82 Å². The number of likely N-dealkylation sites (N-methyl/N-ethyl adjacent to an activating group) is 1. The summed E-state index contributed by atoms with van der Waals surface area (Å²) in [5.41, 5.74) is 0. The van der Waals surface area contributed by atoms with Crippen molar-refractivity contribution in [3.05, 3.63) is 72.9 Å². The number of carbonyl (C=O) groups excluding carboxylic acids is 2. The maximum absolute atomic E-state index is 13.6. The molecule has 10 heteroatoms. The highest BCUT2D eigenvalue weighted by Gasteiger charge is 2.30. The van der Waals surface area contributed by atoms with Gasteiger partial charge in [0, 0.05) is 12.8 Å². The summed E-state index contributed by atoms with van der Waals surface area (Å²) < 4.78 is 30.8. The Balaban J connectivity index is 5.00. The number of amides is 1. The van der Waals surface area contributed by atoms with Gasteiger partial charge in [-0.05, 0) is 102 Å². The fourth-order valence-electron chi connectivity index (χ4n) is 10.2. The van der Waals surface area contributed by atoms with Crippen LogP contribution in [0, 0.1) is 0 Å². The lowest BCUT2D eigenvalue weighted by Crippen LogP contribution is -2.47. The van der Waals surface area contributed by atoms with Gasteiger partial charge >= 0.3 is 13.8 Å². The Hall–Kier alpha value is -2.55. The van der Waals surface area contributed by atoms with E-state index < -0.39 is 20.0 Å². The van der Waals surface area contributed by atoms with Gasteiger partial charge in [0.25, 0.3) is 0 Å². The molecule has 0 aromatic rings. The number of nitrogens with one attached hydrogen (secondary N) is 1. The molecule has 3 atom stereocenters. The van der Waals surface area contributed by atoms with Crippen LogP contribution < -0.4 is 5.32 Å². The van der Waals surface area contributed by atoms with Crippen LogP contribution in [-0.4, -0.2) is 74.3 Å². The fourth-order valence-corrected chi connectivity index (χ4v) is 10.9. The van der Waals surface area contributed by atoms with E-state index in [-0.39, 0.29) is 31.5 Å². The van der Waals surface area contributed by atoms with Gasteiger partial charge in [0.2, 0.25) is 5.91 Å². The Bertz CT molecular complexity index is 1650. The number of phosphoric ester groups is 1. The Morgan fingerprint density at radius 1 is 0.422 bits per heavy atom. The van der Waals surface area contributed by atoms with Crippen molar-refractivity contribution in [1.29, 1.82) is 0 Å². The third kappa shape index (κ3) is 63.8. The van der Waals surface area contributed by atoms with Crippen LogP contribution in [-0.2, 0) is 27.9 Å². The summed E-state index contributed by atoms with van der Waals surface area (Å²) in [5.74, 6) is -0.502. The zero-order chi connectivity index (χ0) is 60.7. The maximum Gasteiger partial charge on any atom is 0.472 e. The van der Waals surface area contributed by atoms with E-state index in [0.717, 1.165) is 77.0 Å². The third-order valence-corrected chi connectivity index (χ3v) is 16.6. The smallest absolute Gasteiger partial charge is 0.456 e. The predicted molar refractivity (Wildman–Crippen MR) is 360 cm³/mol. The third-order valence-electron chi connectivity index (χ3n) is 15.6. The summed E-state index contributed by atoms with van der Waals surface area (Å²) in [6.07, 6.45) is 82.0. The monoisotopic (exact) mass is 1180 g/mol. The minimum Gasteiger partial charge on any atom is -0.456 e. The van der Waals surface area contributed by atoms with Crippen LogP contribution in [0.2, 0.25) is 0 Å². The quantitative estimate of drug-likeness (QED) is 0.0205. The van der Waals surface area contributed by atoms with Gasteiger partial charge < -0.3 is 19.4 Å². The van der Waals surface area contributed by atoms with Crippen molar-refractivity contribution in [3.63, 3.8) is 0 Å². The summed E-state index contributed by atoms with van der Waals surface area (Å²) in [5, 5.41) is 3.07. The second-order valence-corrected chi connectivity index (χ2v) is 26.5. The average molecular weight is 1180 g/mol. The molecule has 0 bridgehead atoms. The van der Waals surface area contributed by atoms with Crippen molar-refractivity contribution in [2.45, 2.75) is 341 Å². The number of nitrogens with zero attached hydrogens (tertiary/aromatic N) is 1. The Morgan fingerprint density at radius 3 is 1.12 bits per heavy atom. The molecule has 0 fully saturated rings. The zero-order valence-electron chi connectivity index (χ0n) is 55.4. The number of phosphoric acid groups is 1. The number of ether oxygens (including phenoxy) is 1. The minimum absolute atomic E-state index is 0.0384. The molecule has 2 N–H and O–H groups in total. The van der Waals surface area contributed by atoms with Crippen LogP contribution in [0.3, 0.4) is 0 Å². The molecule has 0 aliphatic carbocycles. The Morgan fingerprint density at radius 2 is 0.735 bits per heavy atom. The molecule has 0 aliphatic rings. The van der Waals surface area contributed by atoms with Gasteiger partial charge in [-0.2, -0.15) is 0 Å². The summed E-state index contributed by atoms with van der Waals surface area (Å²) in [6, 6.07) is -0.852. The lowest BCUT2D eigenvalue weighted by Gasteiger charge is -2.27. The number of hydrogen-bond acceptors (Lipinski definition) is 6. The van der Waals surface area contributed by atoms with Crippen molar-refractivity contribution in [1.82, 2.24) is 5.32 Å². The van der Waals surface area contributed by atoms with Gasteiger partial charge in [0.1, 0.15) is 19.3 Å². The van der Waals surface area contributed by atoms with Crippen molar-refractivity contribution < 1.29 is 37.3 Å². The number of allylic oxidation sites excluding steroid dienone is 11. The molecule has 1 amide bonds. The number of unbranched alkanes of at least 4 members (excludes halogenated alkanes) is 38. The van der Waals surface area contributed by atoms with Crippen molar-refractivity contribution in [2.24, 2.45) is 0 Å². The highest BCUT2D eigenvalue weighted by atomic mass is 31.2. The SMILES string of the molecule is CCCCC/C=C\C/C=C\C/C=C\CCCCCCCCCCCCCCCCC(=O)NC(COP(=O)(O)OCC[N+](C)(C)C)C(/C=C\CCCCCCCCCCC)OC(=O)CCCCCCCCCCC/C=C\C/C=C\CCCCC. The van der Waals surface area contributed by atoms with Gasteiger partial charge in [-0.15, -0.1) is 0 Å². The average Bonchev–Trinajstić information content (AvgIpc) is 3.51. The maximum atomic E-state index is 13.6. The normalized spacial score (nSPS) is 14.0. The van der Waals surface area contributed by atoms with Crippen molar-refractivity contribution in [3.8, 4) is 0 Å². The second kappa shape index (κ2) is 62.5. The molecule has 0 saturated heterocycles. The number of hydrogen-bond donors (Lipinski definition) is 2. The van der Waals surface area contributed by atoms with E-state index in [1.807, 2.05) is 33.3 Å². The van der Waals surface area contributed by atoms with Crippen LogP contribution in [0.15, 0.2) is 72.9 Å². The number of esters is 1. The fraction of sp³-hybridized carbons (Fsp3) is 0.808. The molecule has 9 nitrogen and oxygen atoms in total. The first-order valence-electron chi connectivity index (χ1n) is 35.3.